The Morgan fingerprint density at radius 3 is 2.75 bits per heavy atom. The number of rotatable bonds is 8. The van der Waals surface area contributed by atoms with Crippen LogP contribution in [0.15, 0.2) is 30.9 Å². The van der Waals surface area contributed by atoms with Crippen LogP contribution in [-0.2, 0) is 17.6 Å². The lowest BCUT2D eigenvalue weighted by Gasteiger charge is -2.25. The molecule has 0 amide bonds. The summed E-state index contributed by atoms with van der Waals surface area (Å²) in [6, 6.07) is 6.28. The smallest absolute Gasteiger partial charge is 0.308 e. The van der Waals surface area contributed by atoms with Gasteiger partial charge in [0.1, 0.15) is 5.75 Å². The summed E-state index contributed by atoms with van der Waals surface area (Å²) in [7, 11) is 0. The van der Waals surface area contributed by atoms with Gasteiger partial charge in [-0.15, -0.1) is 6.58 Å². The molecule has 130 valence electrons. The lowest BCUT2D eigenvalue weighted by Crippen LogP contribution is -2.33. The molecule has 0 spiro atoms. The maximum Gasteiger partial charge on any atom is 0.308 e. The third-order valence-corrected chi connectivity index (χ3v) is 4.33. The summed E-state index contributed by atoms with van der Waals surface area (Å²) in [6.45, 7) is 13.6. The fraction of sp³-hybridized carbons (Fsp3) is 0.450. The number of aromatic amines is 1. The zero-order chi connectivity index (χ0) is 17.7. The van der Waals surface area contributed by atoms with E-state index in [2.05, 4.69) is 37.2 Å². The number of fused-ring (bicyclic) bond motifs is 1. The molecule has 1 aromatic carbocycles. The van der Waals surface area contributed by atoms with Gasteiger partial charge in [-0.25, -0.2) is 0 Å². The molecule has 0 bridgehead atoms. The highest BCUT2D eigenvalue weighted by Crippen LogP contribution is 2.32. The van der Waals surface area contributed by atoms with E-state index < -0.39 is 0 Å². The largest absolute Gasteiger partial charge is 0.426 e. The second kappa shape index (κ2) is 8.15. The monoisotopic (exact) mass is 328 g/mol. The van der Waals surface area contributed by atoms with E-state index >= 15 is 0 Å². The number of nitrogens with one attached hydrogen (secondary N) is 1. The number of carbonyl (C=O) groups excluding carboxylic acids is 1. The normalized spacial score (nSPS) is 11.4. The number of carbonyl (C=O) groups is 1. The van der Waals surface area contributed by atoms with Crippen LogP contribution in [0.1, 0.15) is 39.0 Å². The molecule has 0 aliphatic heterocycles. The fourth-order valence-corrected chi connectivity index (χ4v) is 3.13. The predicted octanol–water partition coefficient (Wildman–Crippen LogP) is 4.09. The molecule has 0 saturated carbocycles. The first-order valence-corrected chi connectivity index (χ1v) is 8.63. The van der Waals surface area contributed by atoms with Crippen molar-refractivity contribution in [3.8, 4) is 5.75 Å². The maximum atomic E-state index is 11.4. The first kappa shape index (κ1) is 18.3. The van der Waals surface area contributed by atoms with E-state index in [1.807, 2.05) is 24.3 Å². The highest BCUT2D eigenvalue weighted by atomic mass is 16.5. The Morgan fingerprint density at radius 1 is 1.42 bits per heavy atom. The van der Waals surface area contributed by atoms with E-state index in [1.165, 1.54) is 18.2 Å². The van der Waals surface area contributed by atoms with Crippen LogP contribution in [0.3, 0.4) is 0 Å². The van der Waals surface area contributed by atoms with Crippen LogP contribution in [0.25, 0.3) is 10.9 Å². The van der Waals surface area contributed by atoms with Crippen LogP contribution < -0.4 is 4.74 Å². The Kier molecular flexibility index (Phi) is 6.21. The van der Waals surface area contributed by atoms with Gasteiger partial charge in [-0.2, -0.15) is 0 Å². The van der Waals surface area contributed by atoms with Gasteiger partial charge in [0.15, 0.2) is 0 Å². The molecule has 1 heterocycles. The first-order chi connectivity index (χ1) is 11.5. The molecule has 24 heavy (non-hydrogen) atoms. The van der Waals surface area contributed by atoms with Crippen molar-refractivity contribution in [1.82, 2.24) is 9.88 Å². The molecule has 0 unspecified atom stereocenters. The minimum Gasteiger partial charge on any atom is -0.426 e. The SMILES string of the molecule is C=CCN(CCc1c(CC)[nH]c2cccc(OC(C)=O)c12)C(C)C. The molecule has 2 aromatic rings. The Hall–Kier alpha value is -2.07. The quantitative estimate of drug-likeness (QED) is 0.451. The summed E-state index contributed by atoms with van der Waals surface area (Å²) in [6.07, 6.45) is 3.78. The van der Waals surface area contributed by atoms with E-state index in [4.69, 9.17) is 4.74 Å². The highest BCUT2D eigenvalue weighted by molar-refractivity contribution is 5.92. The number of esters is 1. The van der Waals surface area contributed by atoms with Gasteiger partial charge in [0.05, 0.1) is 0 Å². The first-order valence-electron chi connectivity index (χ1n) is 8.63. The van der Waals surface area contributed by atoms with Gasteiger partial charge in [0.25, 0.3) is 0 Å². The van der Waals surface area contributed by atoms with Crippen LogP contribution in [0.2, 0.25) is 0 Å². The predicted molar refractivity (Wildman–Crippen MR) is 99.6 cm³/mol. The maximum absolute atomic E-state index is 11.4. The van der Waals surface area contributed by atoms with Gasteiger partial charge in [-0.1, -0.05) is 19.1 Å². The number of H-pyrrole nitrogens is 1. The molecule has 0 aliphatic rings. The van der Waals surface area contributed by atoms with Crippen molar-refractivity contribution in [2.75, 3.05) is 13.1 Å². The third kappa shape index (κ3) is 4.06. The minimum absolute atomic E-state index is 0.289. The van der Waals surface area contributed by atoms with Crippen LogP contribution in [-0.4, -0.2) is 35.0 Å². The molecule has 1 N–H and O–H groups in total. The fourth-order valence-electron chi connectivity index (χ4n) is 3.13. The minimum atomic E-state index is -0.289. The summed E-state index contributed by atoms with van der Waals surface area (Å²) < 4.78 is 5.44. The van der Waals surface area contributed by atoms with Crippen molar-refractivity contribution in [2.24, 2.45) is 0 Å². The molecular weight excluding hydrogens is 300 g/mol. The molecule has 4 nitrogen and oxygen atoms in total. The highest BCUT2D eigenvalue weighted by Gasteiger charge is 2.17. The number of nitrogens with zero attached hydrogens (tertiary/aromatic N) is 1. The van der Waals surface area contributed by atoms with E-state index in [1.54, 1.807) is 0 Å². The van der Waals surface area contributed by atoms with Crippen LogP contribution in [0, 0.1) is 0 Å². The number of benzene rings is 1. The summed E-state index contributed by atoms with van der Waals surface area (Å²) in [5, 5.41) is 1.03. The van der Waals surface area contributed by atoms with Crippen molar-refractivity contribution >= 4 is 16.9 Å². The van der Waals surface area contributed by atoms with Crippen LogP contribution in [0.5, 0.6) is 5.75 Å². The number of hydrogen-bond donors (Lipinski definition) is 1. The second-order valence-electron chi connectivity index (χ2n) is 6.34. The zero-order valence-corrected chi connectivity index (χ0v) is 15.2. The van der Waals surface area contributed by atoms with Crippen molar-refractivity contribution in [3.05, 3.63) is 42.1 Å². The van der Waals surface area contributed by atoms with Crippen molar-refractivity contribution in [2.45, 2.75) is 46.6 Å². The van der Waals surface area contributed by atoms with Gasteiger partial charge in [0, 0.05) is 42.7 Å². The molecule has 0 atom stereocenters. The van der Waals surface area contributed by atoms with E-state index in [9.17, 15) is 4.79 Å². The van der Waals surface area contributed by atoms with Crippen molar-refractivity contribution < 1.29 is 9.53 Å². The molecular formula is C20H28N2O2. The van der Waals surface area contributed by atoms with Crippen molar-refractivity contribution in [1.29, 1.82) is 0 Å². The molecule has 1 aromatic heterocycles. The number of aryl methyl sites for hydroxylation is 1. The van der Waals surface area contributed by atoms with E-state index in [0.717, 1.165) is 36.8 Å². The molecule has 0 saturated heterocycles. The third-order valence-electron chi connectivity index (χ3n) is 4.33. The summed E-state index contributed by atoms with van der Waals surface area (Å²) >= 11 is 0. The second-order valence-corrected chi connectivity index (χ2v) is 6.34. The summed E-state index contributed by atoms with van der Waals surface area (Å²) in [5.41, 5.74) is 3.49. The van der Waals surface area contributed by atoms with Crippen molar-refractivity contribution in [3.63, 3.8) is 0 Å². The van der Waals surface area contributed by atoms with Gasteiger partial charge in [0.2, 0.25) is 0 Å². The van der Waals surface area contributed by atoms with E-state index in [0.29, 0.717) is 11.8 Å². The molecule has 0 radical (unpaired) electrons. The molecule has 0 aliphatic carbocycles. The topological polar surface area (TPSA) is 45.3 Å². The van der Waals surface area contributed by atoms with Gasteiger partial charge >= 0.3 is 5.97 Å². The molecule has 4 heteroatoms. The number of hydrogen-bond acceptors (Lipinski definition) is 3. The average molecular weight is 328 g/mol. The number of ether oxygens (including phenoxy) is 1. The summed E-state index contributed by atoms with van der Waals surface area (Å²) in [5.74, 6) is 0.355. The van der Waals surface area contributed by atoms with Gasteiger partial charge < -0.3 is 9.72 Å². The summed E-state index contributed by atoms with van der Waals surface area (Å²) in [4.78, 5) is 17.3. The number of aromatic nitrogens is 1. The Balaban J connectivity index is 2.39. The van der Waals surface area contributed by atoms with Gasteiger partial charge in [-0.3, -0.25) is 9.69 Å². The Labute approximate surface area is 144 Å². The molecule has 2 rings (SSSR count). The standard InChI is InChI=1S/C20H28N2O2/c1-6-12-22(14(3)4)13-11-16-17(7-2)21-18-9-8-10-19(20(16)18)24-15(5)23/h6,8-10,14,21H,1,7,11-13H2,2-5H3. The Morgan fingerprint density at radius 2 is 2.17 bits per heavy atom. The van der Waals surface area contributed by atoms with Crippen LogP contribution >= 0.6 is 0 Å². The van der Waals surface area contributed by atoms with Gasteiger partial charge in [-0.05, 0) is 44.4 Å². The van der Waals surface area contributed by atoms with Crippen LogP contribution in [0.4, 0.5) is 0 Å². The molecule has 0 fully saturated rings. The average Bonchev–Trinajstić information content (AvgIpc) is 2.89. The lowest BCUT2D eigenvalue weighted by atomic mass is 10.0. The Bertz CT molecular complexity index is 716. The van der Waals surface area contributed by atoms with E-state index in [-0.39, 0.29) is 5.97 Å². The lowest BCUT2D eigenvalue weighted by molar-refractivity contribution is -0.131. The zero-order valence-electron chi connectivity index (χ0n) is 15.2.